The second kappa shape index (κ2) is 4.77. The number of alkyl halides is 1. The Kier molecular flexibility index (Phi) is 3.65. The SMILES string of the molecule is COC(=O)/C=C1\CCN(C(=O)O)CC1F. The van der Waals surface area contributed by atoms with Crippen LogP contribution >= 0.6 is 0 Å². The number of amides is 1. The maximum Gasteiger partial charge on any atom is 0.407 e. The molecule has 0 aliphatic carbocycles. The minimum atomic E-state index is -1.42. The highest BCUT2D eigenvalue weighted by atomic mass is 19.1. The molecule has 0 bridgehead atoms. The van der Waals surface area contributed by atoms with Crippen molar-refractivity contribution in [2.45, 2.75) is 12.6 Å². The molecule has 1 aliphatic rings. The summed E-state index contributed by atoms with van der Waals surface area (Å²) >= 11 is 0. The van der Waals surface area contributed by atoms with Crippen molar-refractivity contribution >= 4 is 12.1 Å². The number of esters is 1. The van der Waals surface area contributed by atoms with E-state index in [9.17, 15) is 14.0 Å². The molecule has 0 saturated carbocycles. The summed E-state index contributed by atoms with van der Waals surface area (Å²) < 4.78 is 17.7. The number of nitrogens with zero attached hydrogens (tertiary/aromatic N) is 1. The number of hydrogen-bond acceptors (Lipinski definition) is 3. The minimum Gasteiger partial charge on any atom is -0.466 e. The Labute approximate surface area is 86.1 Å². The molecule has 15 heavy (non-hydrogen) atoms. The number of methoxy groups -OCH3 is 1. The normalized spacial score (nSPS) is 24.0. The number of ether oxygens (including phenoxy) is 1. The second-order valence-corrected chi connectivity index (χ2v) is 3.19. The molecule has 1 atom stereocenters. The van der Waals surface area contributed by atoms with Gasteiger partial charge in [-0.15, -0.1) is 0 Å². The summed E-state index contributed by atoms with van der Waals surface area (Å²) in [5.74, 6) is -0.614. The molecule has 1 N–H and O–H groups in total. The quantitative estimate of drug-likeness (QED) is 0.521. The van der Waals surface area contributed by atoms with Crippen molar-refractivity contribution in [1.82, 2.24) is 4.90 Å². The highest BCUT2D eigenvalue weighted by Gasteiger charge is 2.27. The fourth-order valence-corrected chi connectivity index (χ4v) is 1.37. The molecule has 5 nitrogen and oxygen atoms in total. The van der Waals surface area contributed by atoms with Crippen molar-refractivity contribution in [3.8, 4) is 0 Å². The van der Waals surface area contributed by atoms with Gasteiger partial charge in [-0.2, -0.15) is 0 Å². The van der Waals surface area contributed by atoms with Crippen molar-refractivity contribution in [1.29, 1.82) is 0 Å². The Bertz CT molecular complexity index is 302. The van der Waals surface area contributed by atoms with Crippen molar-refractivity contribution in [3.63, 3.8) is 0 Å². The number of carboxylic acid groups (broad SMARTS) is 1. The monoisotopic (exact) mass is 217 g/mol. The van der Waals surface area contributed by atoms with Crippen LogP contribution in [0.25, 0.3) is 0 Å². The molecular formula is C9H12FNO4. The van der Waals surface area contributed by atoms with E-state index in [0.29, 0.717) is 5.57 Å². The van der Waals surface area contributed by atoms with Crippen molar-refractivity contribution in [2.24, 2.45) is 0 Å². The van der Waals surface area contributed by atoms with E-state index in [1.165, 1.54) is 7.11 Å². The number of carbonyl (C=O) groups excluding carboxylic acids is 1. The molecule has 1 heterocycles. The zero-order valence-corrected chi connectivity index (χ0v) is 8.27. The molecule has 0 aromatic rings. The van der Waals surface area contributed by atoms with Gasteiger partial charge in [-0.05, 0) is 12.0 Å². The Hall–Kier alpha value is -1.59. The first-order valence-corrected chi connectivity index (χ1v) is 4.45. The van der Waals surface area contributed by atoms with Gasteiger partial charge in [-0.25, -0.2) is 14.0 Å². The summed E-state index contributed by atoms with van der Waals surface area (Å²) in [6.07, 6.45) is -1.25. The number of carbonyl (C=O) groups is 2. The van der Waals surface area contributed by atoms with Crippen LogP contribution in [0.4, 0.5) is 9.18 Å². The molecule has 0 spiro atoms. The van der Waals surface area contributed by atoms with Gasteiger partial charge in [0, 0.05) is 12.6 Å². The number of halogens is 1. The van der Waals surface area contributed by atoms with Gasteiger partial charge < -0.3 is 14.7 Å². The van der Waals surface area contributed by atoms with Crippen LogP contribution in [-0.4, -0.2) is 48.4 Å². The van der Waals surface area contributed by atoms with Crippen molar-refractivity contribution in [3.05, 3.63) is 11.6 Å². The van der Waals surface area contributed by atoms with Gasteiger partial charge in [0.2, 0.25) is 0 Å². The number of hydrogen-bond donors (Lipinski definition) is 1. The Morgan fingerprint density at radius 2 is 2.33 bits per heavy atom. The third-order valence-corrected chi connectivity index (χ3v) is 2.23. The lowest BCUT2D eigenvalue weighted by Crippen LogP contribution is -2.41. The van der Waals surface area contributed by atoms with Gasteiger partial charge in [0.25, 0.3) is 0 Å². The van der Waals surface area contributed by atoms with E-state index in [1.807, 2.05) is 0 Å². The highest BCUT2D eigenvalue weighted by molar-refractivity contribution is 5.83. The van der Waals surface area contributed by atoms with Crippen LogP contribution in [0.2, 0.25) is 0 Å². The molecule has 0 radical (unpaired) electrons. The third-order valence-electron chi connectivity index (χ3n) is 2.23. The van der Waals surface area contributed by atoms with Crippen LogP contribution in [0.3, 0.4) is 0 Å². The number of piperidine rings is 1. The molecule has 1 rings (SSSR count). The summed E-state index contributed by atoms with van der Waals surface area (Å²) in [4.78, 5) is 22.4. The summed E-state index contributed by atoms with van der Waals surface area (Å²) in [5.41, 5.74) is 0.291. The number of rotatable bonds is 1. The molecule has 1 aliphatic heterocycles. The first-order chi connectivity index (χ1) is 7.04. The fraction of sp³-hybridized carbons (Fsp3) is 0.556. The molecule has 6 heteroatoms. The molecule has 0 aromatic carbocycles. The molecule has 84 valence electrons. The summed E-state index contributed by atoms with van der Waals surface area (Å²) in [6.45, 7) is -0.0171. The summed E-state index contributed by atoms with van der Waals surface area (Å²) in [5, 5.41) is 8.62. The zero-order valence-electron chi connectivity index (χ0n) is 8.27. The van der Waals surface area contributed by atoms with E-state index in [-0.39, 0.29) is 19.5 Å². The predicted octanol–water partition coefficient (Wildman–Crippen LogP) is 0.808. The van der Waals surface area contributed by atoms with Crippen LogP contribution in [0.5, 0.6) is 0 Å². The first-order valence-electron chi connectivity index (χ1n) is 4.45. The van der Waals surface area contributed by atoms with Crippen molar-refractivity contribution < 1.29 is 23.8 Å². The average molecular weight is 217 g/mol. The van der Waals surface area contributed by atoms with Gasteiger partial charge in [0.15, 0.2) is 0 Å². The van der Waals surface area contributed by atoms with Crippen LogP contribution in [-0.2, 0) is 9.53 Å². The van der Waals surface area contributed by atoms with E-state index in [1.54, 1.807) is 0 Å². The van der Waals surface area contributed by atoms with E-state index in [4.69, 9.17) is 5.11 Å². The maximum atomic E-state index is 13.4. The minimum absolute atomic E-state index is 0.207. The third kappa shape index (κ3) is 2.93. The number of likely N-dealkylation sites (tertiary alicyclic amines) is 1. The lowest BCUT2D eigenvalue weighted by atomic mass is 10.0. The van der Waals surface area contributed by atoms with E-state index in [2.05, 4.69) is 4.74 Å². The Balaban J connectivity index is 2.64. The van der Waals surface area contributed by atoms with E-state index < -0.39 is 18.2 Å². The van der Waals surface area contributed by atoms with Crippen LogP contribution in [0, 0.1) is 0 Å². The molecule has 0 aromatic heterocycles. The zero-order chi connectivity index (χ0) is 11.4. The first kappa shape index (κ1) is 11.5. The van der Waals surface area contributed by atoms with E-state index in [0.717, 1.165) is 11.0 Å². The average Bonchev–Trinajstić information content (AvgIpc) is 2.20. The van der Waals surface area contributed by atoms with Gasteiger partial charge in [0.1, 0.15) is 6.17 Å². The smallest absolute Gasteiger partial charge is 0.407 e. The highest BCUT2D eigenvalue weighted by Crippen LogP contribution is 2.19. The Morgan fingerprint density at radius 3 is 2.80 bits per heavy atom. The molecule has 1 amide bonds. The maximum absolute atomic E-state index is 13.4. The van der Waals surface area contributed by atoms with Crippen LogP contribution < -0.4 is 0 Å². The summed E-state index contributed by atoms with van der Waals surface area (Å²) in [7, 11) is 1.21. The molecule has 1 fully saturated rings. The van der Waals surface area contributed by atoms with Gasteiger partial charge in [-0.1, -0.05) is 0 Å². The molecular weight excluding hydrogens is 205 g/mol. The molecule has 1 unspecified atom stereocenters. The fourth-order valence-electron chi connectivity index (χ4n) is 1.37. The topological polar surface area (TPSA) is 66.8 Å². The standard InChI is InChI=1S/C9H12FNO4/c1-15-8(12)4-6-2-3-11(9(13)14)5-7(6)10/h4,7H,2-3,5H2,1H3,(H,13,14)/b6-4+. The predicted molar refractivity (Wildman–Crippen MR) is 49.2 cm³/mol. The van der Waals surface area contributed by atoms with Crippen molar-refractivity contribution in [2.75, 3.05) is 20.2 Å². The van der Waals surface area contributed by atoms with Gasteiger partial charge >= 0.3 is 12.1 Å². The van der Waals surface area contributed by atoms with Crippen LogP contribution in [0.15, 0.2) is 11.6 Å². The summed E-state index contributed by atoms with van der Waals surface area (Å²) in [6, 6.07) is 0. The Morgan fingerprint density at radius 1 is 1.67 bits per heavy atom. The lowest BCUT2D eigenvalue weighted by Gasteiger charge is -2.28. The van der Waals surface area contributed by atoms with Crippen LogP contribution in [0.1, 0.15) is 6.42 Å². The van der Waals surface area contributed by atoms with Gasteiger partial charge in [0.05, 0.1) is 13.7 Å². The largest absolute Gasteiger partial charge is 0.466 e. The van der Waals surface area contributed by atoms with Gasteiger partial charge in [-0.3, -0.25) is 0 Å². The van der Waals surface area contributed by atoms with E-state index >= 15 is 0 Å². The lowest BCUT2D eigenvalue weighted by molar-refractivity contribution is -0.134. The molecule has 1 saturated heterocycles. The second-order valence-electron chi connectivity index (χ2n) is 3.19.